The average Bonchev–Trinajstić information content (AvgIpc) is 3.20. The summed E-state index contributed by atoms with van der Waals surface area (Å²) < 4.78 is 6.69. The molecule has 7 nitrogen and oxygen atoms in total. The zero-order chi connectivity index (χ0) is 23.3. The molecule has 1 aromatic heterocycles. The summed E-state index contributed by atoms with van der Waals surface area (Å²) in [5, 5.41) is 12.2. The van der Waals surface area contributed by atoms with Crippen LogP contribution in [-0.2, 0) is 21.5 Å². The molecule has 168 valence electrons. The minimum absolute atomic E-state index is 0.0883. The third-order valence-corrected chi connectivity index (χ3v) is 5.93. The summed E-state index contributed by atoms with van der Waals surface area (Å²) in [5.74, 6) is 0.401. The molecule has 0 radical (unpaired) electrons. The maximum absolute atomic E-state index is 12.4. The van der Waals surface area contributed by atoms with Crippen LogP contribution in [0.4, 0.5) is 5.69 Å². The molecule has 2 aromatic carbocycles. The number of methoxy groups -OCH3 is 1. The molecule has 8 heteroatoms. The number of carbonyl (C=O) groups excluding carboxylic acids is 2. The van der Waals surface area contributed by atoms with E-state index in [0.29, 0.717) is 23.0 Å². The first-order valence-corrected chi connectivity index (χ1v) is 11.4. The second-order valence-corrected chi connectivity index (χ2v) is 9.23. The van der Waals surface area contributed by atoms with Crippen molar-refractivity contribution in [1.29, 1.82) is 0 Å². The van der Waals surface area contributed by atoms with E-state index in [1.54, 1.807) is 24.3 Å². The minimum atomic E-state index is -0.416. The van der Waals surface area contributed by atoms with Gasteiger partial charge < -0.3 is 14.6 Å². The Morgan fingerprint density at radius 2 is 1.69 bits per heavy atom. The Hall–Kier alpha value is -3.13. The molecule has 0 bridgehead atoms. The Bertz CT molecular complexity index is 1080. The summed E-state index contributed by atoms with van der Waals surface area (Å²) in [6.45, 7) is 9.28. The lowest BCUT2D eigenvalue weighted by atomic mass is 9.87. The molecule has 1 N–H and O–H groups in total. The highest BCUT2D eigenvalue weighted by molar-refractivity contribution is 7.99. The predicted octanol–water partition coefficient (Wildman–Crippen LogP) is 4.78. The van der Waals surface area contributed by atoms with Gasteiger partial charge in [0.2, 0.25) is 5.91 Å². The molecule has 0 unspecified atom stereocenters. The number of nitrogens with one attached hydrogen (secondary N) is 1. The van der Waals surface area contributed by atoms with Crippen LogP contribution in [-0.4, -0.2) is 39.5 Å². The van der Waals surface area contributed by atoms with Crippen molar-refractivity contribution in [2.45, 2.75) is 44.8 Å². The number of carbonyl (C=O) groups is 2. The first-order chi connectivity index (χ1) is 15.2. The van der Waals surface area contributed by atoms with Crippen molar-refractivity contribution < 1.29 is 14.3 Å². The van der Waals surface area contributed by atoms with E-state index in [0.717, 1.165) is 11.4 Å². The molecule has 0 atom stereocenters. The van der Waals surface area contributed by atoms with Crippen LogP contribution in [0.2, 0.25) is 0 Å². The Morgan fingerprint density at radius 1 is 1.03 bits per heavy atom. The van der Waals surface area contributed by atoms with Gasteiger partial charge in [-0.3, -0.25) is 4.79 Å². The van der Waals surface area contributed by atoms with Crippen LogP contribution >= 0.6 is 11.8 Å². The minimum Gasteiger partial charge on any atom is -0.465 e. The molecule has 0 aliphatic carbocycles. The smallest absolute Gasteiger partial charge is 0.337 e. The van der Waals surface area contributed by atoms with Gasteiger partial charge in [-0.05, 0) is 42.2 Å². The molecular formula is C24H28N4O3S. The molecule has 0 fully saturated rings. The Balaban J connectivity index is 1.65. The number of rotatable bonds is 7. The second kappa shape index (κ2) is 9.99. The van der Waals surface area contributed by atoms with E-state index < -0.39 is 5.97 Å². The lowest BCUT2D eigenvalue weighted by Gasteiger charge is -2.19. The molecule has 1 heterocycles. The molecule has 0 spiro atoms. The summed E-state index contributed by atoms with van der Waals surface area (Å²) in [4.78, 5) is 23.9. The largest absolute Gasteiger partial charge is 0.465 e. The predicted molar refractivity (Wildman–Crippen MR) is 127 cm³/mol. The number of benzene rings is 2. The Morgan fingerprint density at radius 3 is 2.25 bits per heavy atom. The van der Waals surface area contributed by atoms with Crippen molar-refractivity contribution >= 4 is 29.3 Å². The number of esters is 1. The number of hydrogen-bond acceptors (Lipinski definition) is 6. The highest BCUT2D eigenvalue weighted by Gasteiger charge is 2.17. The first kappa shape index (κ1) is 23.5. The van der Waals surface area contributed by atoms with Crippen molar-refractivity contribution in [3.63, 3.8) is 0 Å². The second-order valence-electron chi connectivity index (χ2n) is 8.28. The molecule has 3 rings (SSSR count). The Labute approximate surface area is 192 Å². The van der Waals surface area contributed by atoms with Crippen molar-refractivity contribution in [2.75, 3.05) is 18.2 Å². The summed E-state index contributed by atoms with van der Waals surface area (Å²) in [7, 11) is 1.33. The van der Waals surface area contributed by atoms with E-state index in [-0.39, 0.29) is 17.1 Å². The van der Waals surface area contributed by atoms with Crippen LogP contribution in [0.15, 0.2) is 53.7 Å². The van der Waals surface area contributed by atoms with Gasteiger partial charge in [0.05, 0.1) is 18.4 Å². The van der Waals surface area contributed by atoms with Crippen LogP contribution < -0.4 is 5.32 Å². The fraction of sp³-hybridized carbons (Fsp3) is 0.333. The SMILES string of the molecule is CCn1c(SCC(=O)Nc2ccc(C(=O)OC)cc2)nnc1-c1ccc(C(C)(C)C)cc1. The molecular weight excluding hydrogens is 424 g/mol. The molecule has 32 heavy (non-hydrogen) atoms. The monoisotopic (exact) mass is 452 g/mol. The maximum atomic E-state index is 12.4. The van der Waals surface area contributed by atoms with Gasteiger partial charge in [0.15, 0.2) is 11.0 Å². The molecule has 0 aliphatic heterocycles. The zero-order valence-corrected chi connectivity index (χ0v) is 19.8. The van der Waals surface area contributed by atoms with E-state index in [9.17, 15) is 9.59 Å². The molecule has 1 amide bonds. The normalized spacial score (nSPS) is 11.3. The van der Waals surface area contributed by atoms with Crippen molar-refractivity contribution in [3.05, 3.63) is 59.7 Å². The zero-order valence-electron chi connectivity index (χ0n) is 19.0. The number of nitrogens with zero attached hydrogens (tertiary/aromatic N) is 3. The number of hydrogen-bond donors (Lipinski definition) is 1. The Kier molecular flexibility index (Phi) is 7.35. The summed E-state index contributed by atoms with van der Waals surface area (Å²) in [6.07, 6.45) is 0. The van der Waals surface area contributed by atoms with Gasteiger partial charge in [-0.25, -0.2) is 4.79 Å². The van der Waals surface area contributed by atoms with Gasteiger partial charge in [-0.15, -0.1) is 10.2 Å². The summed E-state index contributed by atoms with van der Waals surface area (Å²) >= 11 is 1.34. The van der Waals surface area contributed by atoms with E-state index in [1.165, 1.54) is 24.4 Å². The number of ether oxygens (including phenoxy) is 1. The average molecular weight is 453 g/mol. The fourth-order valence-corrected chi connectivity index (χ4v) is 3.95. The van der Waals surface area contributed by atoms with Crippen LogP contribution in [0.25, 0.3) is 11.4 Å². The lowest BCUT2D eigenvalue weighted by Crippen LogP contribution is -2.15. The molecule has 0 aliphatic rings. The van der Waals surface area contributed by atoms with Gasteiger partial charge in [0, 0.05) is 17.8 Å². The first-order valence-electron chi connectivity index (χ1n) is 10.4. The van der Waals surface area contributed by atoms with Crippen molar-refractivity contribution in [3.8, 4) is 11.4 Å². The molecule has 0 saturated carbocycles. The van der Waals surface area contributed by atoms with Gasteiger partial charge in [-0.2, -0.15) is 0 Å². The van der Waals surface area contributed by atoms with E-state index in [4.69, 9.17) is 0 Å². The van der Waals surface area contributed by atoms with Crippen LogP contribution in [0.5, 0.6) is 0 Å². The highest BCUT2D eigenvalue weighted by Crippen LogP contribution is 2.27. The standard InChI is InChI=1S/C24H28N4O3S/c1-6-28-21(16-7-11-18(12-8-16)24(2,3)4)26-27-23(28)32-15-20(29)25-19-13-9-17(10-14-19)22(30)31-5/h7-14H,6,15H2,1-5H3,(H,25,29). The van der Waals surface area contributed by atoms with E-state index >= 15 is 0 Å². The van der Waals surface area contributed by atoms with Gasteiger partial charge >= 0.3 is 5.97 Å². The van der Waals surface area contributed by atoms with E-state index in [1.807, 2.05) is 11.5 Å². The molecule has 3 aromatic rings. The van der Waals surface area contributed by atoms with Gasteiger partial charge in [0.25, 0.3) is 0 Å². The van der Waals surface area contributed by atoms with Crippen LogP contribution in [0.1, 0.15) is 43.6 Å². The van der Waals surface area contributed by atoms with Crippen molar-refractivity contribution in [1.82, 2.24) is 14.8 Å². The quantitative estimate of drug-likeness (QED) is 0.410. The van der Waals surface area contributed by atoms with Crippen LogP contribution in [0.3, 0.4) is 0 Å². The van der Waals surface area contributed by atoms with E-state index in [2.05, 4.69) is 65.3 Å². The maximum Gasteiger partial charge on any atom is 0.337 e. The third kappa shape index (κ3) is 5.56. The lowest BCUT2D eigenvalue weighted by molar-refractivity contribution is -0.113. The number of amides is 1. The molecule has 0 saturated heterocycles. The van der Waals surface area contributed by atoms with Crippen LogP contribution in [0, 0.1) is 0 Å². The summed E-state index contributed by atoms with van der Waals surface area (Å²) in [5.41, 5.74) is 3.38. The van der Waals surface area contributed by atoms with Crippen molar-refractivity contribution in [2.24, 2.45) is 0 Å². The number of aromatic nitrogens is 3. The number of thioether (sulfide) groups is 1. The van der Waals surface area contributed by atoms with Gasteiger partial charge in [-0.1, -0.05) is 56.8 Å². The number of anilines is 1. The van der Waals surface area contributed by atoms with Gasteiger partial charge in [0.1, 0.15) is 0 Å². The topological polar surface area (TPSA) is 86.1 Å². The highest BCUT2D eigenvalue weighted by atomic mass is 32.2. The fourth-order valence-electron chi connectivity index (χ4n) is 3.15. The summed E-state index contributed by atoms with van der Waals surface area (Å²) in [6, 6.07) is 14.9. The third-order valence-electron chi connectivity index (χ3n) is 4.96.